The van der Waals surface area contributed by atoms with Crippen LogP contribution >= 0.6 is 0 Å². The molecular formula is C9H12N4O3S. The predicted octanol–water partition coefficient (Wildman–Crippen LogP) is 2.32. The SMILES string of the molecule is Cc1cc(O)c(N=[N+]=[N-])c(C)c1NS(C)(=O)=O. The summed E-state index contributed by atoms with van der Waals surface area (Å²) in [5.41, 5.74) is 9.62. The third-order valence-electron chi connectivity index (χ3n) is 2.15. The average Bonchev–Trinajstić information content (AvgIpc) is 2.18. The van der Waals surface area contributed by atoms with E-state index in [0.717, 1.165) is 6.26 Å². The zero-order chi connectivity index (χ0) is 13.2. The molecule has 0 amide bonds. The molecule has 0 heterocycles. The molecule has 0 fully saturated rings. The van der Waals surface area contributed by atoms with E-state index in [1.165, 1.54) is 6.07 Å². The highest BCUT2D eigenvalue weighted by atomic mass is 32.2. The van der Waals surface area contributed by atoms with Gasteiger partial charge >= 0.3 is 0 Å². The summed E-state index contributed by atoms with van der Waals surface area (Å²) in [5, 5.41) is 12.9. The number of anilines is 1. The lowest BCUT2D eigenvalue weighted by Crippen LogP contribution is -2.11. The Labute approximate surface area is 98.8 Å². The first-order valence-electron chi connectivity index (χ1n) is 4.62. The normalized spacial score (nSPS) is 10.8. The van der Waals surface area contributed by atoms with Crippen LogP contribution in [0.5, 0.6) is 5.75 Å². The minimum Gasteiger partial charge on any atom is -0.507 e. The van der Waals surface area contributed by atoms with Crippen molar-refractivity contribution in [1.29, 1.82) is 0 Å². The van der Waals surface area contributed by atoms with Crippen LogP contribution in [0.1, 0.15) is 11.1 Å². The molecule has 8 heteroatoms. The lowest BCUT2D eigenvalue weighted by atomic mass is 10.1. The molecule has 0 saturated heterocycles. The van der Waals surface area contributed by atoms with Crippen molar-refractivity contribution in [2.75, 3.05) is 11.0 Å². The molecule has 0 bridgehead atoms. The van der Waals surface area contributed by atoms with Gasteiger partial charge in [0.05, 0.1) is 17.6 Å². The third-order valence-corrected chi connectivity index (χ3v) is 2.73. The minimum atomic E-state index is -3.43. The fourth-order valence-corrected chi connectivity index (χ4v) is 2.15. The average molecular weight is 256 g/mol. The van der Waals surface area contributed by atoms with Crippen molar-refractivity contribution in [3.63, 3.8) is 0 Å². The molecule has 0 aliphatic rings. The number of rotatable bonds is 3. The van der Waals surface area contributed by atoms with Gasteiger partial charge < -0.3 is 5.11 Å². The summed E-state index contributed by atoms with van der Waals surface area (Å²) in [6.07, 6.45) is 1.02. The zero-order valence-electron chi connectivity index (χ0n) is 9.59. The third kappa shape index (κ3) is 3.02. The fraction of sp³-hybridized carbons (Fsp3) is 0.333. The van der Waals surface area contributed by atoms with Crippen LogP contribution in [0.2, 0.25) is 0 Å². The van der Waals surface area contributed by atoms with Gasteiger partial charge in [-0.15, -0.1) is 0 Å². The summed E-state index contributed by atoms with van der Waals surface area (Å²) in [4.78, 5) is 2.58. The second kappa shape index (κ2) is 4.52. The first kappa shape index (κ1) is 13.1. The number of azide groups is 1. The maximum atomic E-state index is 11.2. The molecule has 1 rings (SSSR count). The Hall–Kier alpha value is -1.92. The Kier molecular flexibility index (Phi) is 3.50. The predicted molar refractivity (Wildman–Crippen MR) is 64.9 cm³/mol. The second-order valence-electron chi connectivity index (χ2n) is 3.62. The summed E-state index contributed by atoms with van der Waals surface area (Å²) in [7, 11) is -3.43. The van der Waals surface area contributed by atoms with Gasteiger partial charge in [-0.05, 0) is 36.6 Å². The van der Waals surface area contributed by atoms with Crippen LogP contribution in [0.4, 0.5) is 11.4 Å². The maximum Gasteiger partial charge on any atom is 0.229 e. The van der Waals surface area contributed by atoms with Crippen molar-refractivity contribution in [2.24, 2.45) is 5.11 Å². The zero-order valence-corrected chi connectivity index (χ0v) is 10.4. The van der Waals surface area contributed by atoms with E-state index >= 15 is 0 Å². The monoisotopic (exact) mass is 256 g/mol. The number of benzene rings is 1. The number of nitrogens with one attached hydrogen (secondary N) is 1. The van der Waals surface area contributed by atoms with Gasteiger partial charge in [0.15, 0.2) is 0 Å². The van der Waals surface area contributed by atoms with Crippen molar-refractivity contribution in [1.82, 2.24) is 0 Å². The smallest absolute Gasteiger partial charge is 0.229 e. The van der Waals surface area contributed by atoms with Crippen LogP contribution in [-0.2, 0) is 10.0 Å². The molecule has 0 saturated carbocycles. The molecule has 0 unspecified atom stereocenters. The Balaban J connectivity index is 3.51. The van der Waals surface area contributed by atoms with E-state index in [4.69, 9.17) is 5.53 Å². The lowest BCUT2D eigenvalue weighted by Gasteiger charge is -2.14. The van der Waals surface area contributed by atoms with E-state index in [9.17, 15) is 13.5 Å². The molecular weight excluding hydrogens is 244 g/mol. The minimum absolute atomic E-state index is 0.0178. The van der Waals surface area contributed by atoms with E-state index in [0.29, 0.717) is 16.8 Å². The van der Waals surface area contributed by atoms with Gasteiger partial charge in [-0.3, -0.25) is 4.72 Å². The number of nitrogens with zero attached hydrogens (tertiary/aromatic N) is 3. The molecule has 0 atom stereocenters. The van der Waals surface area contributed by atoms with Crippen LogP contribution in [-0.4, -0.2) is 19.8 Å². The number of hydrogen-bond acceptors (Lipinski definition) is 4. The van der Waals surface area contributed by atoms with E-state index in [2.05, 4.69) is 14.7 Å². The van der Waals surface area contributed by atoms with Crippen LogP contribution in [0.15, 0.2) is 11.2 Å². The summed E-state index contributed by atoms with van der Waals surface area (Å²) in [5.74, 6) is -0.183. The van der Waals surface area contributed by atoms with Crippen LogP contribution in [0.25, 0.3) is 10.4 Å². The number of sulfonamides is 1. The molecule has 92 valence electrons. The van der Waals surface area contributed by atoms with Crippen LogP contribution in [0, 0.1) is 13.8 Å². The van der Waals surface area contributed by atoms with Crippen molar-refractivity contribution in [3.05, 3.63) is 27.6 Å². The first-order chi connectivity index (χ1) is 7.76. The summed E-state index contributed by atoms with van der Waals surface area (Å²) < 4.78 is 24.7. The highest BCUT2D eigenvalue weighted by Gasteiger charge is 2.14. The van der Waals surface area contributed by atoms with Gasteiger partial charge in [-0.2, -0.15) is 0 Å². The number of aromatic hydroxyl groups is 1. The highest BCUT2D eigenvalue weighted by Crippen LogP contribution is 2.38. The standard InChI is InChI=1S/C9H12N4O3S/c1-5-4-7(14)9(11-13-10)6(2)8(5)12-17(3,15)16/h4,12,14H,1-3H3. The first-order valence-corrected chi connectivity index (χ1v) is 6.51. The summed E-state index contributed by atoms with van der Waals surface area (Å²) in [6.45, 7) is 3.20. The Morgan fingerprint density at radius 1 is 1.47 bits per heavy atom. The Bertz CT molecular complexity index is 603. The molecule has 0 aliphatic carbocycles. The van der Waals surface area contributed by atoms with Crippen molar-refractivity contribution in [3.8, 4) is 5.75 Å². The quantitative estimate of drug-likeness (QED) is 0.374. The van der Waals surface area contributed by atoms with Gasteiger partial charge in [0.2, 0.25) is 10.0 Å². The number of phenolic OH excluding ortho intramolecular Hbond substituents is 1. The van der Waals surface area contributed by atoms with Gasteiger partial charge in [0.1, 0.15) is 5.75 Å². The molecule has 17 heavy (non-hydrogen) atoms. The lowest BCUT2D eigenvalue weighted by molar-refractivity contribution is 0.476. The van der Waals surface area contributed by atoms with E-state index in [1.807, 2.05) is 0 Å². The van der Waals surface area contributed by atoms with Crippen molar-refractivity contribution >= 4 is 21.4 Å². The number of phenols is 1. The highest BCUT2D eigenvalue weighted by molar-refractivity contribution is 7.92. The summed E-state index contributed by atoms with van der Waals surface area (Å²) in [6, 6.07) is 1.34. The molecule has 1 aromatic rings. The van der Waals surface area contributed by atoms with Gasteiger partial charge in [0.25, 0.3) is 0 Å². The Morgan fingerprint density at radius 2 is 2.06 bits per heavy atom. The molecule has 2 N–H and O–H groups in total. The maximum absolute atomic E-state index is 11.2. The molecule has 0 spiro atoms. The van der Waals surface area contributed by atoms with E-state index in [-0.39, 0.29) is 11.4 Å². The largest absolute Gasteiger partial charge is 0.507 e. The van der Waals surface area contributed by atoms with Crippen LogP contribution in [0.3, 0.4) is 0 Å². The number of aryl methyl sites for hydroxylation is 1. The van der Waals surface area contributed by atoms with Crippen molar-refractivity contribution < 1.29 is 13.5 Å². The van der Waals surface area contributed by atoms with E-state index in [1.54, 1.807) is 13.8 Å². The van der Waals surface area contributed by atoms with E-state index < -0.39 is 10.0 Å². The summed E-state index contributed by atoms with van der Waals surface area (Å²) >= 11 is 0. The molecule has 1 aromatic carbocycles. The molecule has 0 aromatic heterocycles. The topological polar surface area (TPSA) is 115 Å². The van der Waals surface area contributed by atoms with Crippen LogP contribution < -0.4 is 4.72 Å². The Morgan fingerprint density at radius 3 is 2.53 bits per heavy atom. The van der Waals surface area contributed by atoms with Gasteiger partial charge in [-0.25, -0.2) is 8.42 Å². The fourth-order valence-electron chi connectivity index (χ4n) is 1.47. The molecule has 0 aliphatic heterocycles. The second-order valence-corrected chi connectivity index (χ2v) is 5.37. The molecule has 7 nitrogen and oxygen atoms in total. The van der Waals surface area contributed by atoms with Gasteiger partial charge in [-0.1, -0.05) is 5.11 Å². The van der Waals surface area contributed by atoms with Gasteiger partial charge in [0, 0.05) is 4.91 Å². The molecule has 0 radical (unpaired) electrons. The van der Waals surface area contributed by atoms with Crippen molar-refractivity contribution in [2.45, 2.75) is 13.8 Å². The number of hydrogen-bond donors (Lipinski definition) is 2.